The van der Waals surface area contributed by atoms with Gasteiger partial charge in [-0.25, -0.2) is 9.97 Å². The molecule has 3 aromatic heterocycles. The minimum Gasteiger partial charge on any atom is -0.357 e. The first-order valence-corrected chi connectivity index (χ1v) is 7.00. The lowest BCUT2D eigenvalue weighted by molar-refractivity contribution is 0.361. The summed E-state index contributed by atoms with van der Waals surface area (Å²) in [6.45, 7) is 6.21. The van der Waals surface area contributed by atoms with Crippen LogP contribution < -0.4 is 5.32 Å². The number of anilines is 1. The third-order valence-electron chi connectivity index (χ3n) is 3.14. The van der Waals surface area contributed by atoms with Crippen molar-refractivity contribution in [2.45, 2.75) is 33.2 Å². The van der Waals surface area contributed by atoms with Crippen LogP contribution in [0.3, 0.4) is 0 Å². The molecule has 110 valence electrons. The largest absolute Gasteiger partial charge is 0.357 e. The first-order chi connectivity index (χ1) is 10.1. The lowest BCUT2D eigenvalue weighted by atomic mass is 10.1. The molecule has 0 fully saturated rings. The lowest BCUT2D eigenvalue weighted by Crippen LogP contribution is -2.09. The second-order valence-corrected chi connectivity index (χ2v) is 5.47. The van der Waals surface area contributed by atoms with E-state index in [1.54, 1.807) is 0 Å². The number of aromatic nitrogens is 5. The topological polar surface area (TPSA) is 92.5 Å². The highest BCUT2D eigenvalue weighted by Gasteiger charge is 2.16. The number of hydrogen-bond acceptors (Lipinski definition) is 6. The van der Waals surface area contributed by atoms with E-state index in [0.717, 1.165) is 29.1 Å². The lowest BCUT2D eigenvalue weighted by Gasteiger charge is -2.10. The van der Waals surface area contributed by atoms with E-state index in [0.29, 0.717) is 11.8 Å². The molecule has 0 spiro atoms. The van der Waals surface area contributed by atoms with Crippen LogP contribution in [0.5, 0.6) is 0 Å². The molecule has 0 saturated heterocycles. The summed E-state index contributed by atoms with van der Waals surface area (Å²) < 4.78 is 5.32. The third-order valence-corrected chi connectivity index (χ3v) is 3.14. The summed E-state index contributed by atoms with van der Waals surface area (Å²) in [5, 5.41) is 7.28. The van der Waals surface area contributed by atoms with Crippen LogP contribution >= 0.6 is 0 Å². The molecule has 0 aliphatic carbocycles. The molecule has 0 aliphatic rings. The summed E-state index contributed by atoms with van der Waals surface area (Å²) in [5.41, 5.74) is 1.73. The second-order valence-electron chi connectivity index (χ2n) is 5.47. The Balaban J connectivity index is 1.78. The van der Waals surface area contributed by atoms with Crippen LogP contribution in [0.2, 0.25) is 0 Å². The van der Waals surface area contributed by atoms with Crippen molar-refractivity contribution in [2.24, 2.45) is 5.92 Å². The number of hydrogen-bond donors (Lipinski definition) is 2. The third kappa shape index (κ3) is 2.86. The first kappa shape index (κ1) is 13.5. The summed E-state index contributed by atoms with van der Waals surface area (Å²) in [6, 6.07) is 1.78. The van der Waals surface area contributed by atoms with Gasteiger partial charge in [-0.2, -0.15) is 4.98 Å². The molecule has 7 heteroatoms. The summed E-state index contributed by atoms with van der Waals surface area (Å²) >= 11 is 0. The maximum atomic E-state index is 5.32. The van der Waals surface area contributed by atoms with Crippen molar-refractivity contribution in [1.82, 2.24) is 25.1 Å². The molecule has 3 rings (SSSR count). The van der Waals surface area contributed by atoms with Crippen LogP contribution in [-0.4, -0.2) is 25.1 Å². The average molecular weight is 286 g/mol. The van der Waals surface area contributed by atoms with Crippen molar-refractivity contribution in [3.05, 3.63) is 30.3 Å². The van der Waals surface area contributed by atoms with Gasteiger partial charge in [-0.1, -0.05) is 19.0 Å². The average Bonchev–Trinajstić information content (AvgIpc) is 3.07. The van der Waals surface area contributed by atoms with Crippen molar-refractivity contribution >= 4 is 16.9 Å². The molecule has 0 aliphatic heterocycles. The second kappa shape index (κ2) is 5.51. The predicted octanol–water partition coefficient (Wildman–Crippen LogP) is 2.71. The molecule has 2 N–H and O–H groups in total. The Morgan fingerprint density at radius 2 is 2.14 bits per heavy atom. The van der Waals surface area contributed by atoms with Crippen molar-refractivity contribution in [3.63, 3.8) is 0 Å². The zero-order valence-electron chi connectivity index (χ0n) is 12.3. The van der Waals surface area contributed by atoms with Gasteiger partial charge in [0, 0.05) is 12.6 Å². The Hall–Kier alpha value is -2.44. The first-order valence-electron chi connectivity index (χ1n) is 7.00. The Morgan fingerprint density at radius 3 is 2.95 bits per heavy atom. The smallest absolute Gasteiger partial charge is 0.248 e. The van der Waals surface area contributed by atoms with Gasteiger partial charge in [0.1, 0.15) is 17.9 Å². The zero-order valence-corrected chi connectivity index (χ0v) is 12.3. The van der Waals surface area contributed by atoms with E-state index >= 15 is 0 Å². The molecular formula is C14H18N6O. The Bertz CT molecular complexity index is 732. The fourth-order valence-electron chi connectivity index (χ4n) is 2.14. The van der Waals surface area contributed by atoms with E-state index in [9.17, 15) is 0 Å². The van der Waals surface area contributed by atoms with Gasteiger partial charge >= 0.3 is 0 Å². The summed E-state index contributed by atoms with van der Waals surface area (Å²) in [7, 11) is 0. The fraction of sp³-hybridized carbons (Fsp3) is 0.429. The number of H-pyrrole nitrogens is 1. The van der Waals surface area contributed by atoms with Crippen LogP contribution in [0, 0.1) is 5.92 Å². The SMILES string of the molecule is CC(C)Cc1noc(C(C)Nc2ncnc3cc[nH]c23)n1. The molecule has 7 nitrogen and oxygen atoms in total. The fourth-order valence-corrected chi connectivity index (χ4v) is 2.14. The van der Waals surface area contributed by atoms with E-state index in [1.165, 1.54) is 6.33 Å². The minimum absolute atomic E-state index is 0.125. The van der Waals surface area contributed by atoms with E-state index in [2.05, 4.69) is 44.3 Å². The Labute approximate surface area is 122 Å². The standard InChI is InChI=1S/C14H18N6O/c1-8(2)6-11-19-14(21-20-11)9(3)18-13-12-10(4-5-15-12)16-7-17-13/h4-5,7-9,15H,6H2,1-3H3,(H,16,17,18). The zero-order chi connectivity index (χ0) is 14.8. The van der Waals surface area contributed by atoms with Gasteiger partial charge in [-0.15, -0.1) is 0 Å². The Morgan fingerprint density at radius 1 is 1.29 bits per heavy atom. The van der Waals surface area contributed by atoms with E-state index in [1.807, 2.05) is 19.2 Å². The van der Waals surface area contributed by atoms with Crippen molar-refractivity contribution < 1.29 is 4.52 Å². The maximum absolute atomic E-state index is 5.32. The molecule has 3 aromatic rings. The molecule has 0 saturated carbocycles. The van der Waals surface area contributed by atoms with Crippen LogP contribution in [0.1, 0.15) is 38.5 Å². The van der Waals surface area contributed by atoms with Crippen molar-refractivity contribution in [3.8, 4) is 0 Å². The number of rotatable bonds is 5. The molecule has 3 heterocycles. The molecule has 21 heavy (non-hydrogen) atoms. The summed E-state index contributed by atoms with van der Waals surface area (Å²) in [6.07, 6.45) is 4.18. The summed E-state index contributed by atoms with van der Waals surface area (Å²) in [5.74, 6) is 2.52. The van der Waals surface area contributed by atoms with E-state index < -0.39 is 0 Å². The molecule has 0 aromatic carbocycles. The van der Waals surface area contributed by atoms with Gasteiger partial charge in [0.15, 0.2) is 11.6 Å². The summed E-state index contributed by atoms with van der Waals surface area (Å²) in [4.78, 5) is 16.0. The van der Waals surface area contributed by atoms with E-state index in [4.69, 9.17) is 4.52 Å². The van der Waals surface area contributed by atoms with Gasteiger partial charge in [0.2, 0.25) is 5.89 Å². The monoisotopic (exact) mass is 286 g/mol. The molecule has 0 bridgehead atoms. The molecular weight excluding hydrogens is 268 g/mol. The highest BCUT2D eigenvalue weighted by Crippen LogP contribution is 2.22. The molecule has 1 unspecified atom stereocenters. The number of nitrogens with zero attached hydrogens (tertiary/aromatic N) is 4. The van der Waals surface area contributed by atoms with Crippen LogP contribution in [-0.2, 0) is 6.42 Å². The van der Waals surface area contributed by atoms with E-state index in [-0.39, 0.29) is 6.04 Å². The minimum atomic E-state index is -0.125. The molecule has 0 radical (unpaired) electrons. The highest BCUT2D eigenvalue weighted by atomic mass is 16.5. The predicted molar refractivity (Wildman–Crippen MR) is 78.8 cm³/mol. The maximum Gasteiger partial charge on any atom is 0.248 e. The van der Waals surface area contributed by atoms with Crippen molar-refractivity contribution in [2.75, 3.05) is 5.32 Å². The molecule has 0 amide bonds. The number of nitrogens with one attached hydrogen (secondary N) is 2. The van der Waals surface area contributed by atoms with Gasteiger partial charge in [0.05, 0.1) is 5.52 Å². The highest BCUT2D eigenvalue weighted by molar-refractivity contribution is 5.85. The van der Waals surface area contributed by atoms with Crippen LogP contribution in [0.25, 0.3) is 11.0 Å². The molecule has 1 atom stereocenters. The van der Waals surface area contributed by atoms with Gasteiger partial charge in [-0.05, 0) is 18.9 Å². The van der Waals surface area contributed by atoms with Crippen molar-refractivity contribution in [1.29, 1.82) is 0 Å². The normalized spacial score (nSPS) is 13.0. The van der Waals surface area contributed by atoms with Crippen LogP contribution in [0.15, 0.2) is 23.1 Å². The number of aromatic amines is 1. The number of fused-ring (bicyclic) bond motifs is 1. The van der Waals surface area contributed by atoms with Gasteiger partial charge < -0.3 is 14.8 Å². The van der Waals surface area contributed by atoms with Gasteiger partial charge in [0.25, 0.3) is 0 Å². The van der Waals surface area contributed by atoms with Crippen LogP contribution in [0.4, 0.5) is 5.82 Å². The quantitative estimate of drug-likeness (QED) is 0.749. The van der Waals surface area contributed by atoms with Gasteiger partial charge in [-0.3, -0.25) is 0 Å². The Kier molecular flexibility index (Phi) is 3.55.